The van der Waals surface area contributed by atoms with E-state index in [-0.39, 0.29) is 0 Å². The van der Waals surface area contributed by atoms with Crippen LogP contribution in [0.2, 0.25) is 0 Å². The lowest BCUT2D eigenvalue weighted by Gasteiger charge is -2.10. The highest BCUT2D eigenvalue weighted by Crippen LogP contribution is 2.34. The molecule has 0 bridgehead atoms. The quantitative estimate of drug-likeness (QED) is 0.854. The minimum absolute atomic E-state index is 0.393. The number of rotatable bonds is 3. The monoisotopic (exact) mass is 223 g/mol. The number of aromatic nitrogens is 1. The number of hydrogen-bond donors (Lipinski definition) is 1. The van der Waals surface area contributed by atoms with E-state index in [1.54, 1.807) is 13.1 Å². The molecule has 2 rings (SSSR count). The van der Waals surface area contributed by atoms with Gasteiger partial charge in [0.15, 0.2) is 0 Å². The van der Waals surface area contributed by atoms with E-state index in [0.29, 0.717) is 0 Å². The molecule has 0 aromatic carbocycles. The SMILES string of the molecule is CC(O)c1ccnc(SC2CCCC2)c1. The first-order valence-corrected chi connectivity index (χ1v) is 6.44. The lowest BCUT2D eigenvalue weighted by molar-refractivity contribution is 0.199. The van der Waals surface area contributed by atoms with Crippen molar-refractivity contribution in [2.75, 3.05) is 0 Å². The molecule has 1 aromatic rings. The second-order valence-corrected chi connectivity index (χ2v) is 5.45. The van der Waals surface area contributed by atoms with E-state index >= 15 is 0 Å². The van der Waals surface area contributed by atoms with Crippen molar-refractivity contribution in [3.05, 3.63) is 23.9 Å². The normalized spacial score (nSPS) is 19.3. The largest absolute Gasteiger partial charge is 0.389 e. The molecule has 1 aromatic heterocycles. The predicted molar refractivity (Wildman–Crippen MR) is 63.0 cm³/mol. The summed E-state index contributed by atoms with van der Waals surface area (Å²) in [5.41, 5.74) is 0.963. The van der Waals surface area contributed by atoms with Gasteiger partial charge in [0, 0.05) is 11.4 Å². The fraction of sp³-hybridized carbons (Fsp3) is 0.583. The average Bonchev–Trinajstić information content (AvgIpc) is 2.71. The summed E-state index contributed by atoms with van der Waals surface area (Å²) >= 11 is 1.86. The van der Waals surface area contributed by atoms with Crippen LogP contribution in [0.3, 0.4) is 0 Å². The van der Waals surface area contributed by atoms with Crippen LogP contribution in [0.1, 0.15) is 44.3 Å². The van der Waals surface area contributed by atoms with Crippen molar-refractivity contribution in [1.29, 1.82) is 0 Å². The van der Waals surface area contributed by atoms with E-state index in [1.807, 2.05) is 23.9 Å². The van der Waals surface area contributed by atoms with Gasteiger partial charge in [-0.3, -0.25) is 0 Å². The fourth-order valence-electron chi connectivity index (χ4n) is 1.93. The minimum atomic E-state index is -0.393. The van der Waals surface area contributed by atoms with Crippen molar-refractivity contribution in [1.82, 2.24) is 4.98 Å². The molecule has 0 aliphatic heterocycles. The molecule has 1 aliphatic carbocycles. The maximum Gasteiger partial charge on any atom is 0.0966 e. The van der Waals surface area contributed by atoms with E-state index in [0.717, 1.165) is 15.8 Å². The molecule has 0 spiro atoms. The summed E-state index contributed by atoms with van der Waals surface area (Å²) in [5, 5.41) is 11.3. The highest BCUT2D eigenvalue weighted by atomic mass is 32.2. The summed E-state index contributed by atoms with van der Waals surface area (Å²) in [7, 11) is 0. The van der Waals surface area contributed by atoms with Gasteiger partial charge in [-0.25, -0.2) is 4.98 Å². The molecule has 0 saturated heterocycles. The molecule has 82 valence electrons. The van der Waals surface area contributed by atoms with Crippen LogP contribution in [-0.4, -0.2) is 15.3 Å². The molecule has 1 fully saturated rings. The summed E-state index contributed by atoms with van der Waals surface area (Å²) < 4.78 is 0. The molecule has 1 N–H and O–H groups in total. The Bertz CT molecular complexity index is 321. The second kappa shape index (κ2) is 4.99. The summed E-state index contributed by atoms with van der Waals surface area (Å²) in [6.07, 6.45) is 6.73. The van der Waals surface area contributed by atoms with E-state index in [1.165, 1.54) is 25.7 Å². The third-order valence-corrected chi connectivity index (χ3v) is 4.10. The number of aliphatic hydroxyl groups is 1. The lowest BCUT2D eigenvalue weighted by atomic mass is 10.2. The Balaban J connectivity index is 2.04. The number of aliphatic hydroxyl groups excluding tert-OH is 1. The van der Waals surface area contributed by atoms with Gasteiger partial charge in [-0.1, -0.05) is 12.8 Å². The molecule has 1 saturated carbocycles. The summed E-state index contributed by atoms with van der Waals surface area (Å²) in [6.45, 7) is 1.79. The van der Waals surface area contributed by atoms with Gasteiger partial charge < -0.3 is 5.11 Å². The number of hydrogen-bond acceptors (Lipinski definition) is 3. The van der Waals surface area contributed by atoms with E-state index in [2.05, 4.69) is 4.98 Å². The average molecular weight is 223 g/mol. The van der Waals surface area contributed by atoms with Gasteiger partial charge in [-0.2, -0.15) is 0 Å². The summed E-state index contributed by atoms with van der Waals surface area (Å²) in [6, 6.07) is 3.89. The Kier molecular flexibility index (Phi) is 3.65. The maximum absolute atomic E-state index is 9.47. The van der Waals surface area contributed by atoms with Crippen LogP contribution in [0.4, 0.5) is 0 Å². The Labute approximate surface area is 95.1 Å². The van der Waals surface area contributed by atoms with Gasteiger partial charge >= 0.3 is 0 Å². The van der Waals surface area contributed by atoms with Gasteiger partial charge in [-0.05, 0) is 37.5 Å². The highest BCUT2D eigenvalue weighted by molar-refractivity contribution is 7.99. The Morgan fingerprint density at radius 1 is 1.47 bits per heavy atom. The molecule has 2 nitrogen and oxygen atoms in total. The van der Waals surface area contributed by atoms with Crippen molar-refractivity contribution < 1.29 is 5.11 Å². The Morgan fingerprint density at radius 2 is 2.20 bits per heavy atom. The second-order valence-electron chi connectivity index (χ2n) is 4.13. The van der Waals surface area contributed by atoms with Gasteiger partial charge in [0.25, 0.3) is 0 Å². The molecule has 0 amide bonds. The molecule has 1 unspecified atom stereocenters. The third kappa shape index (κ3) is 2.95. The van der Waals surface area contributed by atoms with Crippen LogP contribution in [0.15, 0.2) is 23.4 Å². The first-order chi connectivity index (χ1) is 7.25. The first kappa shape index (κ1) is 11.0. The molecule has 1 aliphatic rings. The number of nitrogens with zero attached hydrogens (tertiary/aromatic N) is 1. The van der Waals surface area contributed by atoms with Crippen LogP contribution in [0, 0.1) is 0 Å². The fourth-order valence-corrected chi connectivity index (χ4v) is 3.16. The smallest absolute Gasteiger partial charge is 0.0966 e. The van der Waals surface area contributed by atoms with Crippen molar-refractivity contribution in [3.63, 3.8) is 0 Å². The molecule has 15 heavy (non-hydrogen) atoms. The van der Waals surface area contributed by atoms with Crippen molar-refractivity contribution >= 4 is 11.8 Å². The van der Waals surface area contributed by atoms with Gasteiger partial charge in [-0.15, -0.1) is 11.8 Å². The molecular formula is C12H17NOS. The standard InChI is InChI=1S/C12H17NOS/c1-9(14)10-6-7-13-12(8-10)15-11-4-2-3-5-11/h6-9,11,14H,2-5H2,1H3. The van der Waals surface area contributed by atoms with Gasteiger partial charge in [0.1, 0.15) is 0 Å². The van der Waals surface area contributed by atoms with Crippen LogP contribution in [-0.2, 0) is 0 Å². The predicted octanol–water partition coefficient (Wildman–Crippen LogP) is 3.17. The first-order valence-electron chi connectivity index (χ1n) is 5.56. The van der Waals surface area contributed by atoms with Crippen molar-refractivity contribution in [2.24, 2.45) is 0 Å². The highest BCUT2D eigenvalue weighted by Gasteiger charge is 2.16. The maximum atomic E-state index is 9.47. The zero-order valence-corrected chi connectivity index (χ0v) is 9.83. The van der Waals surface area contributed by atoms with Crippen LogP contribution in [0.5, 0.6) is 0 Å². The summed E-state index contributed by atoms with van der Waals surface area (Å²) in [5.74, 6) is 0. The van der Waals surface area contributed by atoms with Crippen LogP contribution in [0.25, 0.3) is 0 Å². The molecule has 0 radical (unpaired) electrons. The number of thioether (sulfide) groups is 1. The van der Waals surface area contributed by atoms with E-state index < -0.39 is 6.10 Å². The Morgan fingerprint density at radius 3 is 2.87 bits per heavy atom. The zero-order chi connectivity index (χ0) is 10.7. The number of pyridine rings is 1. The summed E-state index contributed by atoms with van der Waals surface area (Å²) in [4.78, 5) is 4.34. The minimum Gasteiger partial charge on any atom is -0.389 e. The van der Waals surface area contributed by atoms with Crippen LogP contribution >= 0.6 is 11.8 Å². The van der Waals surface area contributed by atoms with E-state index in [9.17, 15) is 5.11 Å². The molecule has 3 heteroatoms. The van der Waals surface area contributed by atoms with Gasteiger partial charge in [0.2, 0.25) is 0 Å². The van der Waals surface area contributed by atoms with Crippen LogP contribution < -0.4 is 0 Å². The van der Waals surface area contributed by atoms with Crippen molar-refractivity contribution in [2.45, 2.75) is 49.0 Å². The lowest BCUT2D eigenvalue weighted by Crippen LogP contribution is -1.97. The topological polar surface area (TPSA) is 33.1 Å². The van der Waals surface area contributed by atoms with Gasteiger partial charge in [0.05, 0.1) is 11.1 Å². The molecule has 1 heterocycles. The molecular weight excluding hydrogens is 206 g/mol. The zero-order valence-electron chi connectivity index (χ0n) is 9.02. The van der Waals surface area contributed by atoms with E-state index in [4.69, 9.17) is 0 Å². The molecule has 1 atom stereocenters. The Hall–Kier alpha value is -0.540. The van der Waals surface area contributed by atoms with Crippen molar-refractivity contribution in [3.8, 4) is 0 Å². The third-order valence-electron chi connectivity index (χ3n) is 2.83.